The molecule has 8 heteroatoms. The number of esters is 2. The Labute approximate surface area is 166 Å². The van der Waals surface area contributed by atoms with Crippen molar-refractivity contribution in [3.8, 4) is 5.75 Å². The topological polar surface area (TPSA) is 104 Å². The second-order valence-electron chi connectivity index (χ2n) is 5.89. The molecule has 1 aromatic heterocycles. The minimum absolute atomic E-state index is 0.192. The van der Waals surface area contributed by atoms with Gasteiger partial charge in [0.15, 0.2) is 6.61 Å². The molecule has 150 valence electrons. The van der Waals surface area contributed by atoms with Gasteiger partial charge in [0.1, 0.15) is 16.9 Å². The van der Waals surface area contributed by atoms with Crippen LogP contribution >= 0.6 is 0 Å². The first-order chi connectivity index (χ1) is 14.0. The molecule has 0 bridgehead atoms. The average Bonchev–Trinajstić information content (AvgIpc) is 3.07. The molecule has 1 amide bonds. The third-order valence-corrected chi connectivity index (χ3v) is 3.96. The van der Waals surface area contributed by atoms with Crippen molar-refractivity contribution in [3.05, 3.63) is 48.6 Å². The fraction of sp³-hybridized carbons (Fsp3) is 0.190. The zero-order chi connectivity index (χ0) is 20.8. The molecule has 0 aliphatic rings. The molecule has 0 fully saturated rings. The number of hydrogen-bond donors (Lipinski definition) is 1. The van der Waals surface area contributed by atoms with Crippen LogP contribution in [0.4, 0.5) is 5.69 Å². The average molecular weight is 397 g/mol. The van der Waals surface area contributed by atoms with Crippen molar-refractivity contribution < 1.29 is 33.0 Å². The lowest BCUT2D eigenvalue weighted by atomic mass is 10.1. The molecule has 0 saturated heterocycles. The lowest BCUT2D eigenvalue weighted by Gasteiger charge is -2.10. The van der Waals surface area contributed by atoms with Gasteiger partial charge in [0.05, 0.1) is 19.4 Å². The van der Waals surface area contributed by atoms with E-state index in [1.807, 2.05) is 24.3 Å². The molecule has 0 aliphatic heterocycles. The summed E-state index contributed by atoms with van der Waals surface area (Å²) in [6, 6.07) is 11.0. The number of para-hydroxylation sites is 1. The summed E-state index contributed by atoms with van der Waals surface area (Å²) in [6.07, 6.45) is 1.83. The predicted octanol–water partition coefficient (Wildman–Crippen LogP) is 3.20. The third kappa shape index (κ3) is 4.73. The Bertz CT molecular complexity index is 1100. The standard InChI is InChI=1S/C21H19NO7/c1-3-27-20(24)8-9-21(25)28-12-19(23)22-15-11-17-14(10-18(15)26-2)13-6-4-5-7-16(13)29-17/h4-11H,3,12H2,1-2H3,(H,22,23). The highest BCUT2D eigenvalue weighted by atomic mass is 16.5. The van der Waals surface area contributed by atoms with Crippen molar-refractivity contribution in [3.63, 3.8) is 0 Å². The van der Waals surface area contributed by atoms with Crippen LogP contribution in [0.1, 0.15) is 6.92 Å². The zero-order valence-corrected chi connectivity index (χ0v) is 15.9. The van der Waals surface area contributed by atoms with Crippen molar-refractivity contribution in [1.29, 1.82) is 0 Å². The molecule has 0 spiro atoms. The van der Waals surface area contributed by atoms with Crippen molar-refractivity contribution in [2.24, 2.45) is 0 Å². The van der Waals surface area contributed by atoms with E-state index in [1.165, 1.54) is 7.11 Å². The predicted molar refractivity (Wildman–Crippen MR) is 106 cm³/mol. The molecule has 3 rings (SSSR count). The van der Waals surface area contributed by atoms with Crippen LogP contribution in [0, 0.1) is 0 Å². The van der Waals surface area contributed by atoms with E-state index in [0.717, 1.165) is 28.5 Å². The minimum atomic E-state index is -0.840. The van der Waals surface area contributed by atoms with Crippen LogP contribution in [0.5, 0.6) is 5.75 Å². The maximum absolute atomic E-state index is 12.1. The highest BCUT2D eigenvalue weighted by Crippen LogP contribution is 2.36. The molecule has 3 aromatic rings. The molecule has 8 nitrogen and oxygen atoms in total. The molecule has 0 unspecified atom stereocenters. The lowest BCUT2D eigenvalue weighted by Crippen LogP contribution is -2.20. The first kappa shape index (κ1) is 19.9. The van der Waals surface area contributed by atoms with Crippen LogP contribution < -0.4 is 10.1 Å². The Morgan fingerprint density at radius 2 is 1.72 bits per heavy atom. The van der Waals surface area contributed by atoms with Crippen molar-refractivity contribution in [2.75, 3.05) is 25.6 Å². The van der Waals surface area contributed by atoms with E-state index in [0.29, 0.717) is 17.0 Å². The monoisotopic (exact) mass is 397 g/mol. The summed E-state index contributed by atoms with van der Waals surface area (Å²) < 4.78 is 20.6. The maximum Gasteiger partial charge on any atom is 0.331 e. The van der Waals surface area contributed by atoms with Crippen LogP contribution in [0.3, 0.4) is 0 Å². The summed E-state index contributed by atoms with van der Waals surface area (Å²) >= 11 is 0. The summed E-state index contributed by atoms with van der Waals surface area (Å²) in [5, 5.41) is 4.41. The van der Waals surface area contributed by atoms with Gasteiger partial charge in [-0.25, -0.2) is 9.59 Å². The van der Waals surface area contributed by atoms with Gasteiger partial charge in [-0.2, -0.15) is 0 Å². The first-order valence-electron chi connectivity index (χ1n) is 8.82. The molecule has 1 heterocycles. The number of fused-ring (bicyclic) bond motifs is 3. The lowest BCUT2D eigenvalue weighted by molar-refractivity contribution is -0.143. The Hall–Kier alpha value is -3.81. The number of furan rings is 1. The smallest absolute Gasteiger partial charge is 0.331 e. The number of carbonyl (C=O) groups excluding carboxylic acids is 3. The summed E-state index contributed by atoms with van der Waals surface area (Å²) in [5.41, 5.74) is 1.68. The molecular formula is C21H19NO7. The van der Waals surface area contributed by atoms with Crippen molar-refractivity contribution >= 4 is 45.5 Å². The second-order valence-corrected chi connectivity index (χ2v) is 5.89. The van der Waals surface area contributed by atoms with Gasteiger partial charge in [0.25, 0.3) is 5.91 Å². The Balaban J connectivity index is 1.69. The number of rotatable bonds is 7. The summed E-state index contributed by atoms with van der Waals surface area (Å²) in [6.45, 7) is 1.30. The molecule has 0 radical (unpaired) electrons. The Kier molecular flexibility index (Phi) is 6.13. The van der Waals surface area contributed by atoms with Crippen LogP contribution in [-0.4, -0.2) is 38.2 Å². The largest absolute Gasteiger partial charge is 0.495 e. The van der Waals surface area contributed by atoms with Crippen LogP contribution in [0.2, 0.25) is 0 Å². The van der Waals surface area contributed by atoms with Gasteiger partial charge in [-0.05, 0) is 19.1 Å². The van der Waals surface area contributed by atoms with Crippen molar-refractivity contribution in [2.45, 2.75) is 6.92 Å². The fourth-order valence-electron chi connectivity index (χ4n) is 2.72. The molecule has 2 aromatic carbocycles. The number of hydrogen-bond acceptors (Lipinski definition) is 7. The summed E-state index contributed by atoms with van der Waals surface area (Å²) in [7, 11) is 1.49. The normalized spacial score (nSPS) is 11.0. The van der Waals surface area contributed by atoms with Crippen LogP contribution in [-0.2, 0) is 23.9 Å². The maximum atomic E-state index is 12.1. The van der Waals surface area contributed by atoms with Gasteiger partial charge in [-0.1, -0.05) is 18.2 Å². The Morgan fingerprint density at radius 1 is 1.00 bits per heavy atom. The number of carbonyl (C=O) groups is 3. The summed E-state index contributed by atoms with van der Waals surface area (Å²) in [4.78, 5) is 34.9. The zero-order valence-electron chi connectivity index (χ0n) is 15.9. The van der Waals surface area contributed by atoms with E-state index in [9.17, 15) is 14.4 Å². The van der Waals surface area contributed by atoms with Gasteiger partial charge in [0.2, 0.25) is 0 Å². The van der Waals surface area contributed by atoms with Gasteiger partial charge in [-0.15, -0.1) is 0 Å². The SMILES string of the molecule is CCOC(=O)C=CC(=O)OCC(=O)Nc1cc2oc3ccccc3c2cc1OC. The van der Waals surface area contributed by atoms with E-state index in [1.54, 1.807) is 19.1 Å². The molecule has 0 aliphatic carbocycles. The minimum Gasteiger partial charge on any atom is -0.495 e. The van der Waals surface area contributed by atoms with Crippen molar-refractivity contribution in [1.82, 2.24) is 0 Å². The number of ether oxygens (including phenoxy) is 3. The molecule has 29 heavy (non-hydrogen) atoms. The number of methoxy groups -OCH3 is 1. The second kappa shape index (κ2) is 8.92. The molecule has 0 atom stereocenters. The van der Waals surface area contributed by atoms with Gasteiger partial charge in [-0.3, -0.25) is 4.79 Å². The highest BCUT2D eigenvalue weighted by Gasteiger charge is 2.14. The van der Waals surface area contributed by atoms with Gasteiger partial charge >= 0.3 is 11.9 Å². The third-order valence-electron chi connectivity index (χ3n) is 3.96. The number of benzene rings is 2. The Morgan fingerprint density at radius 3 is 2.45 bits per heavy atom. The number of amides is 1. The fourth-order valence-corrected chi connectivity index (χ4v) is 2.72. The van der Waals surface area contributed by atoms with Crippen LogP contribution in [0.15, 0.2) is 53.0 Å². The molecule has 1 N–H and O–H groups in total. The van der Waals surface area contributed by atoms with E-state index in [-0.39, 0.29) is 6.61 Å². The van der Waals surface area contributed by atoms with Gasteiger partial charge in [0, 0.05) is 29.0 Å². The van der Waals surface area contributed by atoms with E-state index >= 15 is 0 Å². The van der Waals surface area contributed by atoms with Gasteiger partial charge < -0.3 is 23.9 Å². The summed E-state index contributed by atoms with van der Waals surface area (Å²) in [5.74, 6) is -1.65. The number of nitrogens with one attached hydrogen (secondary N) is 1. The quantitative estimate of drug-likeness (QED) is 0.482. The van der Waals surface area contributed by atoms with E-state index < -0.39 is 24.5 Å². The first-order valence-corrected chi connectivity index (χ1v) is 8.82. The van der Waals surface area contributed by atoms with E-state index in [2.05, 4.69) is 10.1 Å². The highest BCUT2D eigenvalue weighted by molar-refractivity contribution is 6.08. The number of anilines is 1. The van der Waals surface area contributed by atoms with Crippen LogP contribution in [0.25, 0.3) is 21.9 Å². The van der Waals surface area contributed by atoms with E-state index in [4.69, 9.17) is 13.9 Å². The molecule has 0 saturated carbocycles. The molecular weight excluding hydrogens is 378 g/mol.